The molecule has 1 fully saturated rings. The fraction of sp³-hybridized carbons (Fsp3) is 0.227. The highest BCUT2D eigenvalue weighted by Crippen LogP contribution is 2.40. The van der Waals surface area contributed by atoms with Gasteiger partial charge in [0, 0.05) is 35.6 Å². The highest BCUT2D eigenvalue weighted by Gasteiger charge is 2.30. The van der Waals surface area contributed by atoms with Gasteiger partial charge in [0.1, 0.15) is 5.69 Å². The third-order valence-electron chi connectivity index (χ3n) is 4.95. The van der Waals surface area contributed by atoms with E-state index in [1.54, 1.807) is 18.5 Å². The van der Waals surface area contributed by atoms with Gasteiger partial charge >= 0.3 is 0 Å². The highest BCUT2D eigenvalue weighted by atomic mass is 32.2. The van der Waals surface area contributed by atoms with Crippen LogP contribution in [0.3, 0.4) is 0 Å². The molecule has 0 unspecified atom stereocenters. The molecule has 0 radical (unpaired) electrons. The van der Waals surface area contributed by atoms with Crippen molar-refractivity contribution < 1.29 is 9.32 Å². The Morgan fingerprint density at radius 2 is 2.03 bits per heavy atom. The molecule has 1 aliphatic rings. The van der Waals surface area contributed by atoms with Gasteiger partial charge in [-0.2, -0.15) is 0 Å². The van der Waals surface area contributed by atoms with Gasteiger partial charge in [0.25, 0.3) is 0 Å². The molecule has 1 aliphatic carbocycles. The second kappa shape index (κ2) is 8.35. The maximum absolute atomic E-state index is 12.5. The molecule has 0 spiro atoms. The molecule has 31 heavy (non-hydrogen) atoms. The number of aromatic nitrogens is 5. The van der Waals surface area contributed by atoms with Gasteiger partial charge in [-0.15, -0.1) is 10.2 Å². The first kappa shape index (κ1) is 19.5. The summed E-state index contributed by atoms with van der Waals surface area (Å²) in [5, 5.41) is 16.2. The molecule has 1 amide bonds. The molecular formula is C22H20N6O2S. The number of hydrogen-bond acceptors (Lipinski definition) is 7. The monoisotopic (exact) mass is 432 g/mol. The molecule has 3 aromatic heterocycles. The molecule has 8 nitrogen and oxygen atoms in total. The average molecular weight is 433 g/mol. The lowest BCUT2D eigenvalue weighted by molar-refractivity contribution is -0.113. The first-order chi connectivity index (χ1) is 15.2. The number of carbonyl (C=O) groups is 1. The van der Waals surface area contributed by atoms with Crippen molar-refractivity contribution in [1.82, 2.24) is 24.9 Å². The Morgan fingerprint density at radius 3 is 2.77 bits per heavy atom. The number of pyridine rings is 1. The molecule has 5 rings (SSSR count). The maximum atomic E-state index is 12.5. The first-order valence-electron chi connectivity index (χ1n) is 9.99. The standard InChI is InChI=1S/C22H20N6O2S/c1-14-4-6-15(7-5-14)18-11-20(30-27-18)24-19(29)13-31-22-26-25-21(28(22)17-8-9-17)16-3-2-10-23-12-16/h2-7,10-12,17H,8-9,13H2,1H3,(H,24,29). The summed E-state index contributed by atoms with van der Waals surface area (Å²) in [6.45, 7) is 2.03. The van der Waals surface area contributed by atoms with E-state index in [1.165, 1.54) is 17.3 Å². The number of anilines is 1. The summed E-state index contributed by atoms with van der Waals surface area (Å²) in [5.74, 6) is 1.11. The van der Waals surface area contributed by atoms with E-state index in [2.05, 4.69) is 30.2 Å². The van der Waals surface area contributed by atoms with Crippen molar-refractivity contribution in [2.24, 2.45) is 0 Å². The summed E-state index contributed by atoms with van der Waals surface area (Å²) >= 11 is 1.36. The van der Waals surface area contributed by atoms with E-state index in [1.807, 2.05) is 43.3 Å². The number of nitrogens with zero attached hydrogens (tertiary/aromatic N) is 5. The summed E-state index contributed by atoms with van der Waals surface area (Å²) in [6, 6.07) is 13.9. The van der Waals surface area contributed by atoms with Crippen LogP contribution in [0.5, 0.6) is 0 Å². The second-order valence-corrected chi connectivity index (χ2v) is 8.37. The minimum absolute atomic E-state index is 0.190. The third-order valence-corrected chi connectivity index (χ3v) is 5.89. The summed E-state index contributed by atoms with van der Waals surface area (Å²) in [4.78, 5) is 16.6. The molecule has 1 N–H and O–H groups in total. The van der Waals surface area contributed by atoms with E-state index in [9.17, 15) is 4.79 Å². The van der Waals surface area contributed by atoms with Crippen molar-refractivity contribution in [2.45, 2.75) is 31.0 Å². The van der Waals surface area contributed by atoms with Crippen LogP contribution in [0.25, 0.3) is 22.6 Å². The van der Waals surface area contributed by atoms with Crippen LogP contribution in [0.15, 0.2) is 64.5 Å². The van der Waals surface area contributed by atoms with E-state index in [0.29, 0.717) is 17.6 Å². The van der Waals surface area contributed by atoms with Crippen LogP contribution < -0.4 is 5.32 Å². The van der Waals surface area contributed by atoms with Crippen LogP contribution in [-0.2, 0) is 4.79 Å². The van der Waals surface area contributed by atoms with E-state index in [0.717, 1.165) is 34.9 Å². The van der Waals surface area contributed by atoms with Crippen molar-refractivity contribution in [2.75, 3.05) is 11.1 Å². The van der Waals surface area contributed by atoms with Gasteiger partial charge in [-0.05, 0) is 31.9 Å². The molecule has 3 heterocycles. The maximum Gasteiger partial charge on any atom is 0.237 e. The van der Waals surface area contributed by atoms with Gasteiger partial charge in [-0.25, -0.2) is 0 Å². The number of amides is 1. The van der Waals surface area contributed by atoms with Crippen molar-refractivity contribution >= 4 is 23.6 Å². The molecule has 1 aromatic carbocycles. The number of carbonyl (C=O) groups excluding carboxylic acids is 1. The van der Waals surface area contributed by atoms with Gasteiger partial charge < -0.3 is 4.52 Å². The Hall–Kier alpha value is -3.46. The number of nitrogens with one attached hydrogen (secondary N) is 1. The highest BCUT2D eigenvalue weighted by molar-refractivity contribution is 7.99. The number of aryl methyl sites for hydroxylation is 1. The largest absolute Gasteiger partial charge is 0.338 e. The fourth-order valence-corrected chi connectivity index (χ4v) is 4.03. The van der Waals surface area contributed by atoms with Crippen LogP contribution in [0, 0.1) is 6.92 Å². The lowest BCUT2D eigenvalue weighted by atomic mass is 10.1. The second-order valence-electron chi connectivity index (χ2n) is 7.43. The first-order valence-corrected chi connectivity index (χ1v) is 11.0. The zero-order valence-electron chi connectivity index (χ0n) is 16.9. The molecular weight excluding hydrogens is 412 g/mol. The fourth-order valence-electron chi connectivity index (χ4n) is 3.23. The Labute approximate surface area is 183 Å². The summed E-state index contributed by atoms with van der Waals surface area (Å²) < 4.78 is 7.38. The molecule has 4 aromatic rings. The molecule has 0 aliphatic heterocycles. The zero-order chi connectivity index (χ0) is 21.2. The number of benzene rings is 1. The Kier molecular flexibility index (Phi) is 5.25. The normalized spacial score (nSPS) is 13.3. The third kappa shape index (κ3) is 4.36. The van der Waals surface area contributed by atoms with Crippen LogP contribution in [0.1, 0.15) is 24.4 Å². The lowest BCUT2D eigenvalue weighted by Crippen LogP contribution is -2.14. The van der Waals surface area contributed by atoms with Crippen molar-refractivity contribution in [3.8, 4) is 22.6 Å². The number of hydrogen-bond donors (Lipinski definition) is 1. The van der Waals surface area contributed by atoms with Gasteiger partial charge in [0.2, 0.25) is 11.8 Å². The van der Waals surface area contributed by atoms with Crippen LogP contribution in [-0.4, -0.2) is 36.6 Å². The molecule has 156 valence electrons. The van der Waals surface area contributed by atoms with Gasteiger partial charge in [0.15, 0.2) is 11.0 Å². The molecule has 9 heteroatoms. The summed E-state index contributed by atoms with van der Waals surface area (Å²) in [6.07, 6.45) is 5.68. The van der Waals surface area contributed by atoms with Crippen molar-refractivity contribution in [3.05, 3.63) is 60.4 Å². The molecule has 0 saturated heterocycles. The van der Waals surface area contributed by atoms with Crippen molar-refractivity contribution in [3.63, 3.8) is 0 Å². The van der Waals surface area contributed by atoms with E-state index < -0.39 is 0 Å². The Morgan fingerprint density at radius 1 is 1.19 bits per heavy atom. The molecule has 0 atom stereocenters. The van der Waals surface area contributed by atoms with Crippen molar-refractivity contribution in [1.29, 1.82) is 0 Å². The van der Waals surface area contributed by atoms with Crippen LogP contribution in [0.4, 0.5) is 5.88 Å². The zero-order valence-corrected chi connectivity index (χ0v) is 17.7. The van der Waals surface area contributed by atoms with E-state index >= 15 is 0 Å². The SMILES string of the molecule is Cc1ccc(-c2cc(NC(=O)CSc3nnc(-c4cccnc4)n3C3CC3)on2)cc1. The van der Waals surface area contributed by atoms with Gasteiger partial charge in [0.05, 0.1) is 5.75 Å². The predicted octanol–water partition coefficient (Wildman–Crippen LogP) is 4.37. The van der Waals surface area contributed by atoms with Gasteiger partial charge in [-0.3, -0.25) is 19.7 Å². The summed E-state index contributed by atoms with van der Waals surface area (Å²) in [5.41, 5.74) is 3.70. The average Bonchev–Trinajstić information content (AvgIpc) is 3.37. The predicted molar refractivity (Wildman–Crippen MR) is 118 cm³/mol. The van der Waals surface area contributed by atoms with Crippen LogP contribution >= 0.6 is 11.8 Å². The molecule has 0 bridgehead atoms. The Balaban J connectivity index is 1.24. The molecule has 1 saturated carbocycles. The lowest BCUT2D eigenvalue weighted by Gasteiger charge is -2.08. The van der Waals surface area contributed by atoms with Crippen LogP contribution in [0.2, 0.25) is 0 Å². The minimum atomic E-state index is -0.190. The Bertz CT molecular complexity index is 1200. The van der Waals surface area contributed by atoms with E-state index in [4.69, 9.17) is 4.52 Å². The quantitative estimate of drug-likeness (QED) is 0.433. The summed E-state index contributed by atoms with van der Waals surface area (Å²) in [7, 11) is 0. The van der Waals surface area contributed by atoms with Gasteiger partial charge in [-0.1, -0.05) is 46.7 Å². The topological polar surface area (TPSA) is 98.7 Å². The smallest absolute Gasteiger partial charge is 0.237 e. The minimum Gasteiger partial charge on any atom is -0.338 e. The number of rotatable bonds is 7. The number of thioether (sulfide) groups is 1. The van der Waals surface area contributed by atoms with E-state index in [-0.39, 0.29) is 11.7 Å².